The van der Waals surface area contributed by atoms with Crippen LogP contribution in [0.2, 0.25) is 0 Å². The van der Waals surface area contributed by atoms with E-state index in [-0.39, 0.29) is 24.0 Å². The standard InChI is InChI=1S/C20H41N5.HI/c1-6-21-20(22-11-7-12-25(16(2)3)17(4)5)23-14-18-10-13-24(15-18)19-8-9-19;/h16-19H,6-15H2,1-5H3,(H2,21,22,23);1H. The van der Waals surface area contributed by atoms with Crippen molar-refractivity contribution in [1.82, 2.24) is 20.4 Å². The van der Waals surface area contributed by atoms with Crippen LogP contribution >= 0.6 is 24.0 Å². The van der Waals surface area contributed by atoms with Crippen LogP contribution in [-0.4, -0.2) is 73.2 Å². The lowest BCUT2D eigenvalue weighted by Gasteiger charge is -2.30. The van der Waals surface area contributed by atoms with Gasteiger partial charge in [-0.3, -0.25) is 9.89 Å². The molecular formula is C20H42IN5. The van der Waals surface area contributed by atoms with Crippen molar-refractivity contribution in [1.29, 1.82) is 0 Å². The van der Waals surface area contributed by atoms with Crippen LogP contribution in [0, 0.1) is 5.92 Å². The number of hydrogen-bond acceptors (Lipinski definition) is 3. The number of nitrogens with zero attached hydrogens (tertiary/aromatic N) is 3. The molecule has 0 spiro atoms. The minimum Gasteiger partial charge on any atom is -0.357 e. The minimum absolute atomic E-state index is 0. The van der Waals surface area contributed by atoms with Crippen LogP contribution in [0.25, 0.3) is 0 Å². The van der Waals surface area contributed by atoms with E-state index in [1.165, 1.54) is 32.4 Å². The Morgan fingerprint density at radius 1 is 1.12 bits per heavy atom. The smallest absolute Gasteiger partial charge is 0.191 e. The van der Waals surface area contributed by atoms with Gasteiger partial charge in [-0.2, -0.15) is 0 Å². The maximum Gasteiger partial charge on any atom is 0.191 e. The maximum atomic E-state index is 4.85. The van der Waals surface area contributed by atoms with Gasteiger partial charge in [-0.1, -0.05) is 0 Å². The molecule has 1 aliphatic carbocycles. The van der Waals surface area contributed by atoms with Gasteiger partial charge < -0.3 is 15.5 Å². The molecule has 1 saturated heterocycles. The molecule has 0 bridgehead atoms. The highest BCUT2D eigenvalue weighted by molar-refractivity contribution is 14.0. The van der Waals surface area contributed by atoms with E-state index in [9.17, 15) is 0 Å². The van der Waals surface area contributed by atoms with Gasteiger partial charge in [0.15, 0.2) is 5.96 Å². The van der Waals surface area contributed by atoms with E-state index < -0.39 is 0 Å². The lowest BCUT2D eigenvalue weighted by atomic mass is 10.1. The van der Waals surface area contributed by atoms with Gasteiger partial charge in [-0.15, -0.1) is 24.0 Å². The third-order valence-electron chi connectivity index (χ3n) is 5.44. The van der Waals surface area contributed by atoms with Gasteiger partial charge >= 0.3 is 0 Å². The molecule has 26 heavy (non-hydrogen) atoms. The molecule has 1 aliphatic heterocycles. The molecule has 0 aromatic carbocycles. The predicted molar refractivity (Wildman–Crippen MR) is 124 cm³/mol. The summed E-state index contributed by atoms with van der Waals surface area (Å²) in [5, 5.41) is 6.92. The van der Waals surface area contributed by atoms with Gasteiger partial charge in [0.1, 0.15) is 0 Å². The monoisotopic (exact) mass is 479 g/mol. The van der Waals surface area contributed by atoms with Crippen LogP contribution in [0.5, 0.6) is 0 Å². The largest absolute Gasteiger partial charge is 0.357 e. The first kappa shape index (κ1) is 24.0. The SMILES string of the molecule is CCNC(=NCC1CCN(C2CC2)C1)NCCCN(C(C)C)C(C)C.I. The molecular weight excluding hydrogens is 437 g/mol. The summed E-state index contributed by atoms with van der Waals surface area (Å²) in [7, 11) is 0. The van der Waals surface area contributed by atoms with E-state index in [0.717, 1.165) is 50.5 Å². The summed E-state index contributed by atoms with van der Waals surface area (Å²) < 4.78 is 0. The summed E-state index contributed by atoms with van der Waals surface area (Å²) in [6, 6.07) is 2.13. The Bertz CT molecular complexity index is 401. The van der Waals surface area contributed by atoms with Crippen LogP contribution in [0.1, 0.15) is 60.3 Å². The summed E-state index contributed by atoms with van der Waals surface area (Å²) in [6.45, 7) is 17.8. The second-order valence-corrected chi connectivity index (χ2v) is 8.31. The summed E-state index contributed by atoms with van der Waals surface area (Å²) in [6.07, 6.45) is 5.31. The average molecular weight is 479 g/mol. The Balaban J connectivity index is 0.00000338. The maximum absolute atomic E-state index is 4.85. The lowest BCUT2D eigenvalue weighted by molar-refractivity contribution is 0.173. The van der Waals surface area contributed by atoms with E-state index in [1.54, 1.807) is 0 Å². The molecule has 2 N–H and O–H groups in total. The first-order chi connectivity index (χ1) is 12.0. The Morgan fingerprint density at radius 2 is 1.81 bits per heavy atom. The predicted octanol–water partition coefficient (Wildman–Crippen LogP) is 3.15. The second kappa shape index (κ2) is 12.4. The van der Waals surface area contributed by atoms with Crippen molar-refractivity contribution in [2.75, 3.05) is 39.3 Å². The number of likely N-dealkylation sites (tertiary alicyclic amines) is 1. The molecule has 0 amide bonds. The quantitative estimate of drug-likeness (QED) is 0.219. The molecule has 1 unspecified atom stereocenters. The number of halogens is 1. The third-order valence-corrected chi connectivity index (χ3v) is 5.44. The molecule has 154 valence electrons. The molecule has 0 radical (unpaired) electrons. The minimum atomic E-state index is 0. The molecule has 2 fully saturated rings. The Labute approximate surface area is 178 Å². The first-order valence-electron chi connectivity index (χ1n) is 10.5. The van der Waals surface area contributed by atoms with Crippen LogP contribution in [0.4, 0.5) is 0 Å². The number of nitrogens with one attached hydrogen (secondary N) is 2. The van der Waals surface area contributed by atoms with E-state index in [2.05, 4.69) is 55.1 Å². The van der Waals surface area contributed by atoms with Gasteiger partial charge in [0, 0.05) is 50.8 Å². The number of rotatable bonds is 10. The van der Waals surface area contributed by atoms with Gasteiger partial charge in [0.05, 0.1) is 0 Å². The molecule has 2 rings (SSSR count). The highest BCUT2D eigenvalue weighted by Crippen LogP contribution is 2.31. The Morgan fingerprint density at radius 3 is 2.38 bits per heavy atom. The van der Waals surface area contributed by atoms with Gasteiger partial charge in [0.2, 0.25) is 0 Å². The average Bonchev–Trinajstić information content (AvgIpc) is 3.30. The molecule has 2 aliphatic rings. The summed E-state index contributed by atoms with van der Waals surface area (Å²) in [5.74, 6) is 1.74. The summed E-state index contributed by atoms with van der Waals surface area (Å²) >= 11 is 0. The van der Waals surface area contributed by atoms with Gasteiger partial charge in [-0.25, -0.2) is 0 Å². The summed E-state index contributed by atoms with van der Waals surface area (Å²) in [4.78, 5) is 10.1. The number of hydrogen-bond donors (Lipinski definition) is 2. The van der Waals surface area contributed by atoms with Gasteiger partial charge in [0.25, 0.3) is 0 Å². The number of aliphatic imine (C=N–C) groups is 1. The van der Waals surface area contributed by atoms with Crippen LogP contribution in [0.3, 0.4) is 0 Å². The van der Waals surface area contributed by atoms with Gasteiger partial charge in [-0.05, 0) is 72.8 Å². The van der Waals surface area contributed by atoms with Crippen LogP contribution < -0.4 is 10.6 Å². The highest BCUT2D eigenvalue weighted by Gasteiger charge is 2.34. The van der Waals surface area contributed by atoms with Crippen molar-refractivity contribution >= 4 is 29.9 Å². The fraction of sp³-hybridized carbons (Fsp3) is 0.950. The van der Waals surface area contributed by atoms with Crippen LogP contribution in [-0.2, 0) is 0 Å². The van der Waals surface area contributed by atoms with E-state index in [4.69, 9.17) is 4.99 Å². The van der Waals surface area contributed by atoms with Crippen LogP contribution in [0.15, 0.2) is 4.99 Å². The topological polar surface area (TPSA) is 42.9 Å². The summed E-state index contributed by atoms with van der Waals surface area (Å²) in [5.41, 5.74) is 0. The highest BCUT2D eigenvalue weighted by atomic mass is 127. The second-order valence-electron chi connectivity index (χ2n) is 8.31. The Kier molecular flexibility index (Phi) is 11.4. The Hall–Kier alpha value is -0.0800. The molecule has 1 saturated carbocycles. The number of guanidine groups is 1. The molecule has 1 atom stereocenters. The third kappa shape index (κ3) is 8.30. The van der Waals surface area contributed by atoms with E-state index in [0.29, 0.717) is 12.1 Å². The van der Waals surface area contributed by atoms with Crippen molar-refractivity contribution in [3.63, 3.8) is 0 Å². The lowest BCUT2D eigenvalue weighted by Crippen LogP contribution is -2.41. The zero-order valence-corrected chi connectivity index (χ0v) is 20.0. The fourth-order valence-electron chi connectivity index (χ4n) is 3.93. The van der Waals surface area contributed by atoms with E-state index in [1.807, 2.05) is 0 Å². The van der Waals surface area contributed by atoms with Crippen molar-refractivity contribution in [2.24, 2.45) is 10.9 Å². The van der Waals surface area contributed by atoms with E-state index >= 15 is 0 Å². The first-order valence-corrected chi connectivity index (χ1v) is 10.5. The van der Waals surface area contributed by atoms with Crippen molar-refractivity contribution < 1.29 is 0 Å². The zero-order chi connectivity index (χ0) is 18.2. The van der Waals surface area contributed by atoms with Crippen molar-refractivity contribution in [3.05, 3.63) is 0 Å². The normalized spacial score (nSPS) is 21.5. The molecule has 0 aromatic heterocycles. The fourth-order valence-corrected chi connectivity index (χ4v) is 3.93. The molecule has 5 nitrogen and oxygen atoms in total. The van der Waals surface area contributed by atoms with Crippen molar-refractivity contribution in [3.8, 4) is 0 Å². The molecule has 6 heteroatoms. The zero-order valence-electron chi connectivity index (χ0n) is 17.6. The van der Waals surface area contributed by atoms with Crippen molar-refractivity contribution in [2.45, 2.75) is 78.4 Å². The molecule has 1 heterocycles. The molecule has 0 aromatic rings.